The van der Waals surface area contributed by atoms with Crippen LogP contribution in [0, 0.1) is 6.92 Å². The fraction of sp³-hybridized carbons (Fsp3) is 0.158. The number of aromatic nitrogens is 3. The van der Waals surface area contributed by atoms with Gasteiger partial charge in [0.2, 0.25) is 5.88 Å². The molecule has 0 aliphatic heterocycles. The number of benzene rings is 1. The first kappa shape index (κ1) is 23.4. The minimum atomic E-state index is -4.62. The molecular weight excluding hydrogens is 474 g/mol. The van der Waals surface area contributed by atoms with E-state index in [9.17, 15) is 22.8 Å². The van der Waals surface area contributed by atoms with Crippen molar-refractivity contribution in [2.45, 2.75) is 13.1 Å². The fourth-order valence-electron chi connectivity index (χ4n) is 2.72. The zero-order chi connectivity index (χ0) is 23.6. The molecule has 2 aromatic heterocycles. The Morgan fingerprint density at radius 3 is 2.59 bits per heavy atom. The molecule has 0 saturated carbocycles. The van der Waals surface area contributed by atoms with Crippen LogP contribution in [0.2, 0.25) is 10.0 Å². The number of carbonyl (C=O) groups is 2. The molecule has 8 nitrogen and oxygen atoms in total. The lowest BCUT2D eigenvalue weighted by Gasteiger charge is -2.13. The SMILES string of the molecule is Cc1cc(Cl)cc(C(N)=O)c1NC(=O)c1cc(OCC(F)(F)F)nn1-c1ncccc1Cl. The minimum absolute atomic E-state index is 0.0240. The molecule has 0 aliphatic carbocycles. The number of nitrogens with one attached hydrogen (secondary N) is 1. The Hall–Kier alpha value is -3.31. The number of hydrogen-bond acceptors (Lipinski definition) is 5. The lowest BCUT2D eigenvalue weighted by atomic mass is 10.1. The Kier molecular flexibility index (Phi) is 6.60. The molecule has 0 aliphatic rings. The minimum Gasteiger partial charge on any atom is -0.467 e. The smallest absolute Gasteiger partial charge is 0.422 e. The van der Waals surface area contributed by atoms with Crippen LogP contribution in [0.5, 0.6) is 5.88 Å². The summed E-state index contributed by atoms with van der Waals surface area (Å²) in [5.74, 6) is -2.20. The maximum absolute atomic E-state index is 13.0. The first-order valence-electron chi connectivity index (χ1n) is 8.78. The summed E-state index contributed by atoms with van der Waals surface area (Å²) in [7, 11) is 0. The Balaban J connectivity index is 2.05. The van der Waals surface area contributed by atoms with E-state index in [1.165, 1.54) is 30.5 Å². The predicted molar refractivity (Wildman–Crippen MR) is 111 cm³/mol. The van der Waals surface area contributed by atoms with Gasteiger partial charge in [0.1, 0.15) is 5.69 Å². The zero-order valence-corrected chi connectivity index (χ0v) is 17.7. The second kappa shape index (κ2) is 9.05. The van der Waals surface area contributed by atoms with Gasteiger partial charge >= 0.3 is 6.18 Å². The molecule has 0 bridgehead atoms. The van der Waals surface area contributed by atoms with Crippen molar-refractivity contribution in [1.29, 1.82) is 0 Å². The second-order valence-corrected chi connectivity index (χ2v) is 7.30. The molecule has 3 aromatic rings. The van der Waals surface area contributed by atoms with E-state index in [1.54, 1.807) is 6.92 Å². The number of aryl methyl sites for hydroxylation is 1. The van der Waals surface area contributed by atoms with E-state index in [-0.39, 0.29) is 32.8 Å². The van der Waals surface area contributed by atoms with Gasteiger partial charge in [-0.1, -0.05) is 23.2 Å². The van der Waals surface area contributed by atoms with E-state index in [4.69, 9.17) is 28.9 Å². The van der Waals surface area contributed by atoms with E-state index >= 15 is 0 Å². The van der Waals surface area contributed by atoms with Gasteiger partial charge in [-0.2, -0.15) is 13.2 Å². The third-order valence-corrected chi connectivity index (χ3v) is 4.56. The highest BCUT2D eigenvalue weighted by atomic mass is 35.5. The number of alkyl halides is 3. The van der Waals surface area contributed by atoms with Crippen LogP contribution in [-0.2, 0) is 0 Å². The molecule has 0 atom stereocenters. The van der Waals surface area contributed by atoms with Crippen molar-refractivity contribution in [2.75, 3.05) is 11.9 Å². The van der Waals surface area contributed by atoms with Crippen molar-refractivity contribution >= 4 is 40.7 Å². The van der Waals surface area contributed by atoms with Crippen molar-refractivity contribution in [3.63, 3.8) is 0 Å². The summed E-state index contributed by atoms with van der Waals surface area (Å²) in [6, 6.07) is 6.73. The van der Waals surface area contributed by atoms with Crippen LogP contribution in [-0.4, -0.2) is 39.4 Å². The third-order valence-electron chi connectivity index (χ3n) is 4.05. The number of rotatable bonds is 6. The first-order chi connectivity index (χ1) is 15.0. The van der Waals surface area contributed by atoms with Crippen LogP contribution < -0.4 is 15.8 Å². The summed E-state index contributed by atoms with van der Waals surface area (Å²) in [4.78, 5) is 28.9. The van der Waals surface area contributed by atoms with E-state index in [2.05, 4.69) is 20.1 Å². The zero-order valence-electron chi connectivity index (χ0n) is 16.2. The molecular formula is C19H14Cl2F3N5O3. The van der Waals surface area contributed by atoms with Crippen LogP contribution in [0.3, 0.4) is 0 Å². The normalized spacial score (nSPS) is 11.3. The number of nitrogens with two attached hydrogens (primary N) is 1. The van der Waals surface area contributed by atoms with Gasteiger partial charge in [-0.25, -0.2) is 9.67 Å². The number of pyridine rings is 1. The van der Waals surface area contributed by atoms with Crippen molar-refractivity contribution in [3.8, 4) is 11.7 Å². The largest absolute Gasteiger partial charge is 0.467 e. The van der Waals surface area contributed by atoms with Gasteiger partial charge < -0.3 is 15.8 Å². The first-order valence-corrected chi connectivity index (χ1v) is 9.53. The monoisotopic (exact) mass is 487 g/mol. The van der Waals surface area contributed by atoms with Gasteiger partial charge in [0, 0.05) is 17.3 Å². The highest BCUT2D eigenvalue weighted by Gasteiger charge is 2.30. The van der Waals surface area contributed by atoms with E-state index in [0.29, 0.717) is 5.56 Å². The van der Waals surface area contributed by atoms with Crippen LogP contribution in [0.25, 0.3) is 5.82 Å². The number of amides is 2. The van der Waals surface area contributed by atoms with Gasteiger partial charge in [0.05, 0.1) is 16.3 Å². The number of carbonyl (C=O) groups excluding carboxylic acids is 2. The molecule has 2 heterocycles. The Morgan fingerprint density at radius 1 is 1.25 bits per heavy atom. The van der Waals surface area contributed by atoms with Gasteiger partial charge in [-0.05, 0) is 36.8 Å². The lowest BCUT2D eigenvalue weighted by molar-refractivity contribution is -0.154. The Morgan fingerprint density at radius 2 is 1.97 bits per heavy atom. The molecule has 0 radical (unpaired) electrons. The summed E-state index contributed by atoms with van der Waals surface area (Å²) in [6.45, 7) is -0.0398. The maximum atomic E-state index is 13.0. The lowest BCUT2D eigenvalue weighted by Crippen LogP contribution is -2.21. The van der Waals surface area contributed by atoms with Crippen molar-refractivity contribution in [1.82, 2.24) is 14.8 Å². The molecule has 168 valence electrons. The fourth-order valence-corrected chi connectivity index (χ4v) is 3.20. The molecule has 0 unspecified atom stereocenters. The van der Waals surface area contributed by atoms with Crippen molar-refractivity contribution < 1.29 is 27.5 Å². The van der Waals surface area contributed by atoms with Crippen molar-refractivity contribution in [3.05, 3.63) is 63.4 Å². The Labute approximate surface area is 189 Å². The van der Waals surface area contributed by atoms with E-state index in [1.807, 2.05) is 0 Å². The van der Waals surface area contributed by atoms with Gasteiger partial charge in [-0.15, -0.1) is 5.10 Å². The van der Waals surface area contributed by atoms with Crippen LogP contribution in [0.4, 0.5) is 18.9 Å². The maximum Gasteiger partial charge on any atom is 0.422 e. The molecule has 13 heteroatoms. The molecule has 2 amide bonds. The van der Waals surface area contributed by atoms with Crippen LogP contribution in [0.15, 0.2) is 36.5 Å². The molecule has 0 spiro atoms. The highest BCUT2D eigenvalue weighted by molar-refractivity contribution is 6.32. The summed E-state index contributed by atoms with van der Waals surface area (Å²) in [5.41, 5.74) is 5.56. The highest BCUT2D eigenvalue weighted by Crippen LogP contribution is 2.28. The van der Waals surface area contributed by atoms with E-state index < -0.39 is 30.5 Å². The summed E-state index contributed by atoms with van der Waals surface area (Å²) in [6.07, 6.45) is -3.26. The molecule has 3 rings (SSSR count). The van der Waals surface area contributed by atoms with Crippen LogP contribution in [0.1, 0.15) is 26.4 Å². The summed E-state index contributed by atoms with van der Waals surface area (Å²) in [5, 5.41) is 6.69. The third kappa shape index (κ3) is 5.29. The molecule has 0 fully saturated rings. The number of nitrogens with zero attached hydrogens (tertiary/aromatic N) is 3. The molecule has 3 N–H and O–H groups in total. The molecule has 1 aromatic carbocycles. The number of anilines is 1. The molecule has 0 saturated heterocycles. The number of primary amides is 1. The van der Waals surface area contributed by atoms with Gasteiger partial charge in [-0.3, -0.25) is 9.59 Å². The van der Waals surface area contributed by atoms with E-state index in [0.717, 1.165) is 10.7 Å². The van der Waals surface area contributed by atoms with Crippen molar-refractivity contribution in [2.24, 2.45) is 5.73 Å². The number of hydrogen-bond donors (Lipinski definition) is 2. The average Bonchev–Trinajstić information content (AvgIpc) is 3.12. The topological polar surface area (TPSA) is 112 Å². The van der Waals surface area contributed by atoms with Crippen LogP contribution >= 0.6 is 23.2 Å². The standard InChI is InChI=1S/C19H14Cl2F3N5O3/c1-9-5-10(20)6-11(16(25)30)15(9)27-18(31)13-7-14(32-8-19(22,23)24)28-29(13)17-12(21)3-2-4-26-17/h2-7H,8H2,1H3,(H2,25,30)(H,27,31). The summed E-state index contributed by atoms with van der Waals surface area (Å²) >= 11 is 12.1. The quantitative estimate of drug-likeness (QED) is 0.541. The second-order valence-electron chi connectivity index (χ2n) is 6.46. The Bertz CT molecular complexity index is 1200. The summed E-state index contributed by atoms with van der Waals surface area (Å²) < 4.78 is 43.2. The number of halogens is 5. The molecule has 32 heavy (non-hydrogen) atoms. The van der Waals surface area contributed by atoms with Gasteiger partial charge in [0.15, 0.2) is 12.4 Å². The number of ether oxygens (including phenoxy) is 1. The van der Waals surface area contributed by atoms with Gasteiger partial charge in [0.25, 0.3) is 11.8 Å². The predicted octanol–water partition coefficient (Wildman–Crippen LogP) is 4.17. The average molecular weight is 488 g/mol.